The summed E-state index contributed by atoms with van der Waals surface area (Å²) in [6, 6.07) is 12.1. The maximum absolute atomic E-state index is 14.8. The molecule has 30 heavy (non-hydrogen) atoms. The lowest BCUT2D eigenvalue weighted by Gasteiger charge is -2.14. The van der Waals surface area contributed by atoms with Crippen molar-refractivity contribution in [2.45, 2.75) is 32.4 Å². The van der Waals surface area contributed by atoms with Gasteiger partial charge in [-0.15, -0.1) is 10.2 Å². The Morgan fingerprint density at radius 3 is 2.70 bits per heavy atom. The van der Waals surface area contributed by atoms with E-state index in [1.165, 1.54) is 29.0 Å². The van der Waals surface area contributed by atoms with Crippen molar-refractivity contribution in [1.29, 1.82) is 0 Å². The summed E-state index contributed by atoms with van der Waals surface area (Å²) in [6.07, 6.45) is 1.29. The number of carbonyl (C=O) groups is 2. The quantitative estimate of drug-likeness (QED) is 0.595. The molecule has 1 aromatic heterocycles. The summed E-state index contributed by atoms with van der Waals surface area (Å²) < 4.78 is 20.1. The van der Waals surface area contributed by atoms with Crippen LogP contribution >= 0.6 is 0 Å². The molecule has 2 aromatic carbocycles. The Balaban J connectivity index is 1.47. The number of amides is 1. The Labute approximate surface area is 172 Å². The molecule has 1 fully saturated rings. The highest BCUT2D eigenvalue weighted by Gasteiger charge is 2.32. The lowest BCUT2D eigenvalue weighted by molar-refractivity contribution is -0.117. The van der Waals surface area contributed by atoms with Gasteiger partial charge in [0.25, 0.3) is 0 Å². The summed E-state index contributed by atoms with van der Waals surface area (Å²) in [5.74, 6) is -0.387. The minimum absolute atomic E-state index is 0.0449. The van der Waals surface area contributed by atoms with Gasteiger partial charge >= 0.3 is 6.09 Å². The second-order valence-corrected chi connectivity index (χ2v) is 7.18. The van der Waals surface area contributed by atoms with Gasteiger partial charge in [-0.05, 0) is 47.9 Å². The first kappa shape index (κ1) is 19.7. The molecule has 1 amide bonds. The van der Waals surface area contributed by atoms with E-state index >= 15 is 0 Å². The molecular formula is C21H20FN5O3. The number of benzene rings is 2. The van der Waals surface area contributed by atoms with Crippen LogP contribution in [0, 0.1) is 5.82 Å². The zero-order valence-corrected chi connectivity index (χ0v) is 16.4. The molecule has 3 aromatic rings. The van der Waals surface area contributed by atoms with Gasteiger partial charge in [0, 0.05) is 12.0 Å². The van der Waals surface area contributed by atoms with Crippen LogP contribution < -0.4 is 4.90 Å². The van der Waals surface area contributed by atoms with Crippen LogP contribution in [0.3, 0.4) is 0 Å². The molecule has 2 heterocycles. The van der Waals surface area contributed by atoms with E-state index in [0.717, 1.165) is 11.1 Å². The third-order valence-corrected chi connectivity index (χ3v) is 4.94. The number of halogens is 1. The summed E-state index contributed by atoms with van der Waals surface area (Å²) in [6.45, 7) is 2.28. The summed E-state index contributed by atoms with van der Waals surface area (Å²) in [5.41, 5.74) is 2.55. The molecule has 1 aliphatic heterocycles. The van der Waals surface area contributed by atoms with Crippen molar-refractivity contribution in [1.82, 2.24) is 20.2 Å². The van der Waals surface area contributed by atoms with E-state index in [0.29, 0.717) is 37.2 Å². The van der Waals surface area contributed by atoms with Gasteiger partial charge in [0.15, 0.2) is 6.33 Å². The normalized spacial score (nSPS) is 16.0. The average Bonchev–Trinajstić information content (AvgIpc) is 3.36. The number of cyclic esters (lactones) is 1. The number of nitrogens with zero attached hydrogens (tertiary/aromatic N) is 5. The molecule has 0 bridgehead atoms. The van der Waals surface area contributed by atoms with Gasteiger partial charge in [-0.25, -0.2) is 9.18 Å². The maximum Gasteiger partial charge on any atom is 0.414 e. The summed E-state index contributed by atoms with van der Waals surface area (Å²) in [4.78, 5) is 26.1. The van der Waals surface area contributed by atoms with Crippen molar-refractivity contribution < 1.29 is 18.7 Å². The number of aromatic nitrogens is 4. The van der Waals surface area contributed by atoms with E-state index in [9.17, 15) is 14.0 Å². The van der Waals surface area contributed by atoms with Crippen LogP contribution in [0.4, 0.5) is 14.9 Å². The SMILES string of the molecule is CC(=O)CC[C@H]1CN(c2ccc(-c3ccc(Cn4ncnn4)cc3)c(F)c2)C(=O)O1. The average molecular weight is 409 g/mol. The number of rotatable bonds is 7. The first-order valence-electron chi connectivity index (χ1n) is 9.57. The highest BCUT2D eigenvalue weighted by Crippen LogP contribution is 2.30. The molecule has 0 unspecified atom stereocenters. The van der Waals surface area contributed by atoms with Gasteiger partial charge in [0.1, 0.15) is 17.7 Å². The first-order valence-corrected chi connectivity index (χ1v) is 9.57. The fourth-order valence-electron chi connectivity index (χ4n) is 3.37. The number of hydrogen-bond donors (Lipinski definition) is 0. The Hall–Kier alpha value is -3.62. The number of ketones is 1. The monoisotopic (exact) mass is 409 g/mol. The fourth-order valence-corrected chi connectivity index (χ4v) is 3.37. The number of hydrogen-bond acceptors (Lipinski definition) is 6. The van der Waals surface area contributed by atoms with Crippen LogP contribution in [-0.2, 0) is 16.1 Å². The van der Waals surface area contributed by atoms with Crippen LogP contribution in [0.2, 0.25) is 0 Å². The highest BCUT2D eigenvalue weighted by atomic mass is 19.1. The topological polar surface area (TPSA) is 90.2 Å². The van der Waals surface area contributed by atoms with E-state index in [4.69, 9.17) is 4.74 Å². The van der Waals surface area contributed by atoms with Crippen LogP contribution in [0.25, 0.3) is 11.1 Å². The van der Waals surface area contributed by atoms with E-state index in [2.05, 4.69) is 15.4 Å². The van der Waals surface area contributed by atoms with Crippen LogP contribution in [-0.4, -0.2) is 44.7 Å². The Morgan fingerprint density at radius 2 is 2.03 bits per heavy atom. The minimum Gasteiger partial charge on any atom is -0.444 e. The van der Waals surface area contributed by atoms with Gasteiger partial charge in [0.2, 0.25) is 0 Å². The van der Waals surface area contributed by atoms with Crippen molar-refractivity contribution in [3.05, 3.63) is 60.2 Å². The number of ether oxygens (including phenoxy) is 1. The minimum atomic E-state index is -0.526. The highest BCUT2D eigenvalue weighted by molar-refractivity contribution is 5.90. The Bertz CT molecular complexity index is 1050. The van der Waals surface area contributed by atoms with Crippen molar-refractivity contribution in [2.24, 2.45) is 0 Å². The molecule has 1 aliphatic rings. The summed E-state index contributed by atoms with van der Waals surface area (Å²) in [7, 11) is 0. The van der Waals surface area contributed by atoms with Crippen LogP contribution in [0.15, 0.2) is 48.8 Å². The van der Waals surface area contributed by atoms with Gasteiger partial charge in [-0.2, -0.15) is 4.80 Å². The molecule has 4 rings (SSSR count). The van der Waals surface area contributed by atoms with E-state index < -0.39 is 11.9 Å². The van der Waals surface area contributed by atoms with Crippen molar-refractivity contribution in [2.75, 3.05) is 11.4 Å². The Kier molecular flexibility index (Phi) is 5.51. The molecule has 0 spiro atoms. The van der Waals surface area contributed by atoms with Crippen molar-refractivity contribution >= 4 is 17.6 Å². The van der Waals surface area contributed by atoms with E-state index in [-0.39, 0.29) is 11.9 Å². The van der Waals surface area contributed by atoms with Crippen molar-refractivity contribution in [3.63, 3.8) is 0 Å². The third-order valence-electron chi connectivity index (χ3n) is 4.94. The molecule has 154 valence electrons. The number of tetrazole rings is 1. The Morgan fingerprint density at radius 1 is 1.23 bits per heavy atom. The number of Topliss-reactive ketones (excluding diaryl/α,β-unsaturated/α-hetero) is 1. The maximum atomic E-state index is 14.8. The zero-order valence-electron chi connectivity index (χ0n) is 16.4. The van der Waals surface area contributed by atoms with Gasteiger partial charge < -0.3 is 9.53 Å². The van der Waals surface area contributed by atoms with Crippen LogP contribution in [0.5, 0.6) is 0 Å². The first-order chi connectivity index (χ1) is 14.5. The molecular weight excluding hydrogens is 389 g/mol. The van der Waals surface area contributed by atoms with Crippen molar-refractivity contribution in [3.8, 4) is 11.1 Å². The lowest BCUT2D eigenvalue weighted by Crippen LogP contribution is -2.24. The molecule has 1 atom stereocenters. The third kappa shape index (κ3) is 4.35. The molecule has 0 radical (unpaired) electrons. The predicted octanol–water partition coefficient (Wildman–Crippen LogP) is 3.22. The summed E-state index contributed by atoms with van der Waals surface area (Å²) >= 11 is 0. The smallest absolute Gasteiger partial charge is 0.414 e. The predicted molar refractivity (Wildman–Crippen MR) is 106 cm³/mol. The van der Waals surface area contributed by atoms with Crippen LogP contribution in [0.1, 0.15) is 25.3 Å². The fraction of sp³-hybridized carbons (Fsp3) is 0.286. The molecule has 9 heteroatoms. The van der Waals surface area contributed by atoms with Gasteiger partial charge in [-0.3, -0.25) is 4.90 Å². The standard InChI is InChI=1S/C21H20FN5O3/c1-14(28)2-8-18-12-26(21(29)30-18)17-7-9-19(20(22)10-17)16-5-3-15(4-6-16)11-27-24-13-23-25-27/h3-7,9-10,13,18H,2,8,11-12H2,1H3/t18-/m0/s1. The second kappa shape index (κ2) is 8.40. The molecule has 8 nitrogen and oxygen atoms in total. The largest absolute Gasteiger partial charge is 0.444 e. The van der Waals surface area contributed by atoms with Gasteiger partial charge in [0.05, 0.1) is 18.8 Å². The second-order valence-electron chi connectivity index (χ2n) is 7.18. The van der Waals surface area contributed by atoms with E-state index in [1.54, 1.807) is 12.1 Å². The lowest BCUT2D eigenvalue weighted by atomic mass is 10.0. The molecule has 0 aliphatic carbocycles. The summed E-state index contributed by atoms with van der Waals surface area (Å²) in [5, 5.41) is 11.4. The molecule has 1 saturated heterocycles. The number of anilines is 1. The molecule has 0 N–H and O–H groups in total. The number of carbonyl (C=O) groups excluding carboxylic acids is 2. The van der Waals surface area contributed by atoms with Gasteiger partial charge in [-0.1, -0.05) is 24.3 Å². The van der Waals surface area contributed by atoms with E-state index in [1.807, 2.05) is 24.3 Å². The molecule has 0 saturated carbocycles. The zero-order chi connectivity index (χ0) is 21.1.